The van der Waals surface area contributed by atoms with Crippen LogP contribution in [0.15, 0.2) is 18.2 Å². The number of anilines is 1. The summed E-state index contributed by atoms with van der Waals surface area (Å²) >= 11 is 0. The quantitative estimate of drug-likeness (QED) is 0.844. The molecule has 0 radical (unpaired) electrons. The molecule has 0 aliphatic carbocycles. The highest BCUT2D eigenvalue weighted by Crippen LogP contribution is 2.24. The van der Waals surface area contributed by atoms with Gasteiger partial charge in [-0.05, 0) is 27.0 Å². The minimum absolute atomic E-state index is 0.587. The van der Waals surface area contributed by atoms with Crippen LogP contribution in [0.25, 0.3) is 0 Å². The summed E-state index contributed by atoms with van der Waals surface area (Å²) in [5.74, 6) is 0.888. The van der Waals surface area contributed by atoms with Gasteiger partial charge in [-0.3, -0.25) is 9.80 Å². The Morgan fingerprint density at radius 2 is 1.89 bits per heavy atom. The van der Waals surface area contributed by atoms with Crippen LogP contribution >= 0.6 is 0 Å². The van der Waals surface area contributed by atoms with Crippen LogP contribution in [0.4, 0.5) is 5.69 Å². The number of nitrogens with zero attached hydrogens (tertiary/aromatic N) is 2. The predicted octanol–water partition coefficient (Wildman–Crippen LogP) is 1.80. The third-order valence-electron chi connectivity index (χ3n) is 4.14. The number of benzene rings is 1. The van der Waals surface area contributed by atoms with E-state index in [2.05, 4.69) is 36.8 Å². The summed E-state index contributed by atoms with van der Waals surface area (Å²) in [6, 6.07) is 7.09. The van der Waals surface area contributed by atoms with E-state index in [1.807, 2.05) is 12.1 Å². The summed E-state index contributed by atoms with van der Waals surface area (Å²) in [4.78, 5) is 4.93. The van der Waals surface area contributed by atoms with Gasteiger partial charge in [0.1, 0.15) is 5.75 Å². The van der Waals surface area contributed by atoms with Gasteiger partial charge in [0.15, 0.2) is 0 Å². The molecule has 1 aromatic rings. The van der Waals surface area contributed by atoms with E-state index in [1.54, 1.807) is 7.11 Å². The molecule has 0 amide bonds. The van der Waals surface area contributed by atoms with Crippen LogP contribution in [0, 0.1) is 0 Å². The molecule has 1 fully saturated rings. The Morgan fingerprint density at radius 1 is 1.26 bits per heavy atom. The van der Waals surface area contributed by atoms with Crippen molar-refractivity contribution in [3.8, 4) is 5.75 Å². The maximum Gasteiger partial charge on any atom is 0.125 e. The van der Waals surface area contributed by atoms with Crippen molar-refractivity contribution in [2.24, 2.45) is 0 Å². The monoisotopic (exact) mass is 263 g/mol. The van der Waals surface area contributed by atoms with Gasteiger partial charge in [-0.25, -0.2) is 0 Å². The summed E-state index contributed by atoms with van der Waals surface area (Å²) in [7, 11) is 3.91. The molecule has 2 N–H and O–H groups in total. The molecule has 0 aromatic heterocycles. The molecule has 106 valence electrons. The molecule has 1 saturated heterocycles. The highest BCUT2D eigenvalue weighted by Gasteiger charge is 2.26. The number of likely N-dealkylation sites (N-methyl/N-ethyl adjacent to an activating group) is 1. The highest BCUT2D eigenvalue weighted by atomic mass is 16.5. The molecule has 2 unspecified atom stereocenters. The first-order chi connectivity index (χ1) is 9.01. The molecule has 0 bridgehead atoms. The molecule has 1 heterocycles. The highest BCUT2D eigenvalue weighted by molar-refractivity contribution is 5.48. The Balaban J connectivity index is 2.09. The molecule has 19 heavy (non-hydrogen) atoms. The van der Waals surface area contributed by atoms with Crippen LogP contribution in [0.1, 0.15) is 19.4 Å². The fourth-order valence-electron chi connectivity index (χ4n) is 2.78. The Bertz CT molecular complexity index is 423. The molecule has 4 nitrogen and oxygen atoms in total. The first-order valence-electron chi connectivity index (χ1n) is 6.88. The van der Waals surface area contributed by atoms with Crippen LogP contribution in [0.3, 0.4) is 0 Å². The molecule has 1 aliphatic rings. The molecular weight excluding hydrogens is 238 g/mol. The Labute approximate surface area is 116 Å². The van der Waals surface area contributed by atoms with Crippen molar-refractivity contribution in [1.82, 2.24) is 9.80 Å². The van der Waals surface area contributed by atoms with Crippen molar-refractivity contribution in [1.29, 1.82) is 0 Å². The van der Waals surface area contributed by atoms with Crippen LogP contribution < -0.4 is 10.5 Å². The van der Waals surface area contributed by atoms with Crippen molar-refractivity contribution in [3.63, 3.8) is 0 Å². The van der Waals surface area contributed by atoms with Crippen molar-refractivity contribution in [2.75, 3.05) is 33.0 Å². The van der Waals surface area contributed by atoms with E-state index in [1.165, 1.54) is 5.56 Å². The van der Waals surface area contributed by atoms with E-state index < -0.39 is 0 Å². The number of hydrogen-bond acceptors (Lipinski definition) is 4. The first kappa shape index (κ1) is 14.2. The molecule has 0 spiro atoms. The summed E-state index contributed by atoms with van der Waals surface area (Å²) in [6.45, 7) is 7.67. The van der Waals surface area contributed by atoms with Gasteiger partial charge < -0.3 is 10.5 Å². The van der Waals surface area contributed by atoms with E-state index in [-0.39, 0.29) is 0 Å². The van der Waals surface area contributed by atoms with Crippen LogP contribution in [-0.4, -0.2) is 49.1 Å². The number of nitrogens with two attached hydrogens (primary N) is 1. The van der Waals surface area contributed by atoms with E-state index in [4.69, 9.17) is 10.5 Å². The van der Waals surface area contributed by atoms with E-state index in [9.17, 15) is 0 Å². The second-order valence-electron chi connectivity index (χ2n) is 5.63. The molecule has 4 heteroatoms. The smallest absolute Gasteiger partial charge is 0.125 e. The SMILES string of the molecule is COc1cc(N)ccc1CN1CC(C)N(C)C(C)C1. The third kappa shape index (κ3) is 3.19. The maximum absolute atomic E-state index is 5.80. The van der Waals surface area contributed by atoms with Gasteiger partial charge in [-0.1, -0.05) is 6.07 Å². The van der Waals surface area contributed by atoms with Crippen LogP contribution in [0.5, 0.6) is 5.75 Å². The zero-order chi connectivity index (χ0) is 14.0. The topological polar surface area (TPSA) is 41.7 Å². The second-order valence-corrected chi connectivity index (χ2v) is 5.63. The van der Waals surface area contributed by atoms with E-state index in [0.29, 0.717) is 12.1 Å². The summed E-state index contributed by atoms with van der Waals surface area (Å²) < 4.78 is 5.43. The number of rotatable bonds is 3. The average molecular weight is 263 g/mol. The molecule has 2 atom stereocenters. The van der Waals surface area contributed by atoms with Crippen molar-refractivity contribution in [3.05, 3.63) is 23.8 Å². The zero-order valence-electron chi connectivity index (χ0n) is 12.4. The largest absolute Gasteiger partial charge is 0.496 e. The summed E-state index contributed by atoms with van der Waals surface area (Å²) in [5.41, 5.74) is 7.76. The van der Waals surface area contributed by atoms with Crippen LogP contribution in [0.2, 0.25) is 0 Å². The van der Waals surface area contributed by atoms with Crippen molar-refractivity contribution in [2.45, 2.75) is 32.5 Å². The molecule has 1 aromatic carbocycles. The number of piperazine rings is 1. The van der Waals surface area contributed by atoms with Gasteiger partial charge in [0.2, 0.25) is 0 Å². The lowest BCUT2D eigenvalue weighted by molar-refractivity contribution is 0.0552. The Hall–Kier alpha value is -1.26. The van der Waals surface area contributed by atoms with Gasteiger partial charge in [0.25, 0.3) is 0 Å². The molecule has 0 saturated carbocycles. The number of methoxy groups -OCH3 is 1. The Morgan fingerprint density at radius 3 is 2.47 bits per heavy atom. The lowest BCUT2D eigenvalue weighted by Crippen LogP contribution is -2.54. The zero-order valence-corrected chi connectivity index (χ0v) is 12.4. The normalized spacial score (nSPS) is 25.5. The van der Waals surface area contributed by atoms with Gasteiger partial charge in [0.05, 0.1) is 7.11 Å². The van der Waals surface area contributed by atoms with Crippen LogP contribution in [-0.2, 0) is 6.54 Å². The van der Waals surface area contributed by atoms with Crippen molar-refractivity contribution < 1.29 is 4.74 Å². The summed E-state index contributed by atoms with van der Waals surface area (Å²) in [5, 5.41) is 0. The van der Waals surface area contributed by atoms with E-state index in [0.717, 1.165) is 31.1 Å². The van der Waals surface area contributed by atoms with Gasteiger partial charge in [-0.15, -0.1) is 0 Å². The minimum Gasteiger partial charge on any atom is -0.496 e. The fourth-order valence-corrected chi connectivity index (χ4v) is 2.78. The average Bonchev–Trinajstić information content (AvgIpc) is 2.38. The van der Waals surface area contributed by atoms with Gasteiger partial charge >= 0.3 is 0 Å². The van der Waals surface area contributed by atoms with Crippen molar-refractivity contribution >= 4 is 5.69 Å². The van der Waals surface area contributed by atoms with E-state index >= 15 is 0 Å². The standard InChI is InChI=1S/C15H25N3O/c1-11-8-18(9-12(2)17(11)3)10-13-5-6-14(16)7-15(13)19-4/h5-7,11-12H,8-10,16H2,1-4H3. The van der Waals surface area contributed by atoms with Gasteiger partial charge in [-0.2, -0.15) is 0 Å². The lowest BCUT2D eigenvalue weighted by atomic mass is 10.1. The minimum atomic E-state index is 0.587. The first-order valence-corrected chi connectivity index (χ1v) is 6.88. The summed E-state index contributed by atoms with van der Waals surface area (Å²) in [6.07, 6.45) is 0. The van der Waals surface area contributed by atoms with Gasteiger partial charge in [0, 0.05) is 49.0 Å². The lowest BCUT2D eigenvalue weighted by Gasteiger charge is -2.42. The predicted molar refractivity (Wildman–Crippen MR) is 79.4 cm³/mol. The fraction of sp³-hybridized carbons (Fsp3) is 0.600. The third-order valence-corrected chi connectivity index (χ3v) is 4.14. The molecule has 2 rings (SSSR count). The number of ether oxygens (including phenoxy) is 1. The second kappa shape index (κ2) is 5.80. The Kier molecular flexibility index (Phi) is 4.32. The molecule has 1 aliphatic heterocycles. The maximum atomic E-state index is 5.80. The number of hydrogen-bond donors (Lipinski definition) is 1. The number of nitrogen functional groups attached to an aromatic ring is 1. The molecular formula is C15H25N3O.